The summed E-state index contributed by atoms with van der Waals surface area (Å²) in [5.41, 5.74) is 2.88. The molecule has 0 saturated heterocycles. The fourth-order valence-electron chi connectivity index (χ4n) is 3.21. The second kappa shape index (κ2) is 6.08. The Kier molecular flexibility index (Phi) is 4.69. The molecule has 0 fully saturated rings. The molecule has 0 aromatic heterocycles. The number of hydrogen-bond acceptors (Lipinski definition) is 1. The molecule has 0 spiro atoms. The molecule has 0 radical (unpaired) electrons. The van der Waals surface area contributed by atoms with Crippen molar-refractivity contribution < 1.29 is 0 Å². The molecule has 2 rings (SSSR count). The molecule has 1 aliphatic rings. The molecule has 0 saturated carbocycles. The number of nitrogens with one attached hydrogen (secondary N) is 1. The van der Waals surface area contributed by atoms with Crippen LogP contribution >= 0.6 is 11.6 Å². The summed E-state index contributed by atoms with van der Waals surface area (Å²) >= 11 is 6.05. The van der Waals surface area contributed by atoms with Gasteiger partial charge >= 0.3 is 0 Å². The molecular weight excluding hydrogens is 242 g/mol. The van der Waals surface area contributed by atoms with E-state index in [2.05, 4.69) is 38.2 Å². The van der Waals surface area contributed by atoms with E-state index in [1.165, 1.54) is 30.4 Å². The zero-order valence-electron chi connectivity index (χ0n) is 11.7. The first-order valence-corrected chi connectivity index (χ1v) is 7.57. The van der Waals surface area contributed by atoms with Crippen molar-refractivity contribution >= 4 is 11.6 Å². The highest BCUT2D eigenvalue weighted by molar-refractivity contribution is 6.30. The number of halogens is 1. The summed E-state index contributed by atoms with van der Waals surface area (Å²) in [6.07, 6.45) is 4.87. The SMILES string of the molecule is CCC(CC)C(C)NC1CCc2cc(Cl)ccc21. The molecule has 1 aromatic rings. The van der Waals surface area contributed by atoms with E-state index < -0.39 is 0 Å². The van der Waals surface area contributed by atoms with Gasteiger partial charge in [-0.1, -0.05) is 44.4 Å². The summed E-state index contributed by atoms with van der Waals surface area (Å²) in [6, 6.07) is 7.45. The van der Waals surface area contributed by atoms with Crippen molar-refractivity contribution in [3.8, 4) is 0 Å². The van der Waals surface area contributed by atoms with Crippen molar-refractivity contribution in [2.24, 2.45) is 5.92 Å². The van der Waals surface area contributed by atoms with Crippen molar-refractivity contribution in [1.29, 1.82) is 0 Å². The van der Waals surface area contributed by atoms with E-state index in [0.29, 0.717) is 12.1 Å². The Morgan fingerprint density at radius 2 is 2.06 bits per heavy atom. The average Bonchev–Trinajstić information content (AvgIpc) is 2.73. The van der Waals surface area contributed by atoms with Gasteiger partial charge in [0.25, 0.3) is 0 Å². The van der Waals surface area contributed by atoms with Crippen LogP contribution in [-0.4, -0.2) is 6.04 Å². The van der Waals surface area contributed by atoms with Gasteiger partial charge in [-0.15, -0.1) is 0 Å². The maximum Gasteiger partial charge on any atom is 0.0408 e. The fourth-order valence-corrected chi connectivity index (χ4v) is 3.40. The van der Waals surface area contributed by atoms with Crippen LogP contribution < -0.4 is 5.32 Å². The highest BCUT2D eigenvalue weighted by atomic mass is 35.5. The van der Waals surface area contributed by atoms with Crippen molar-refractivity contribution in [2.45, 2.75) is 58.5 Å². The monoisotopic (exact) mass is 265 g/mol. The van der Waals surface area contributed by atoms with Crippen LogP contribution in [0.2, 0.25) is 5.02 Å². The van der Waals surface area contributed by atoms with Gasteiger partial charge in [-0.3, -0.25) is 0 Å². The Bertz CT molecular complexity index is 398. The molecule has 2 heteroatoms. The molecule has 18 heavy (non-hydrogen) atoms. The standard InChI is InChI=1S/C16H24ClN/c1-4-12(5-2)11(3)18-16-9-6-13-10-14(17)7-8-15(13)16/h7-8,10-12,16,18H,4-6,9H2,1-3H3. The van der Waals surface area contributed by atoms with Gasteiger partial charge in [-0.05, 0) is 48.9 Å². The van der Waals surface area contributed by atoms with Gasteiger partial charge in [0.2, 0.25) is 0 Å². The van der Waals surface area contributed by atoms with Gasteiger partial charge in [-0.2, -0.15) is 0 Å². The van der Waals surface area contributed by atoms with E-state index in [4.69, 9.17) is 11.6 Å². The number of hydrogen-bond donors (Lipinski definition) is 1. The van der Waals surface area contributed by atoms with E-state index >= 15 is 0 Å². The van der Waals surface area contributed by atoms with Gasteiger partial charge in [0.15, 0.2) is 0 Å². The summed E-state index contributed by atoms with van der Waals surface area (Å²) in [7, 11) is 0. The summed E-state index contributed by atoms with van der Waals surface area (Å²) in [6.45, 7) is 6.90. The van der Waals surface area contributed by atoms with Gasteiger partial charge in [0.1, 0.15) is 0 Å². The highest BCUT2D eigenvalue weighted by Gasteiger charge is 2.25. The molecule has 1 aromatic carbocycles. The van der Waals surface area contributed by atoms with Crippen LogP contribution in [0.3, 0.4) is 0 Å². The molecule has 1 nitrogen and oxygen atoms in total. The maximum absolute atomic E-state index is 6.05. The quantitative estimate of drug-likeness (QED) is 0.811. The second-order valence-corrected chi connectivity index (χ2v) is 5.90. The third-order valence-electron chi connectivity index (χ3n) is 4.40. The van der Waals surface area contributed by atoms with E-state index in [1.54, 1.807) is 0 Å². The van der Waals surface area contributed by atoms with Crippen LogP contribution in [-0.2, 0) is 6.42 Å². The third kappa shape index (κ3) is 2.89. The highest BCUT2D eigenvalue weighted by Crippen LogP contribution is 2.33. The molecule has 2 atom stereocenters. The Morgan fingerprint density at radius 1 is 1.33 bits per heavy atom. The molecule has 0 amide bonds. The second-order valence-electron chi connectivity index (χ2n) is 5.47. The van der Waals surface area contributed by atoms with Crippen LogP contribution in [0.1, 0.15) is 57.2 Å². The molecule has 0 aliphatic heterocycles. The number of fused-ring (bicyclic) bond motifs is 1. The van der Waals surface area contributed by atoms with Gasteiger partial charge in [0, 0.05) is 17.1 Å². The molecule has 0 heterocycles. The predicted octanol–water partition coefficient (Wildman–Crippen LogP) is 4.74. The van der Waals surface area contributed by atoms with E-state index in [0.717, 1.165) is 17.4 Å². The predicted molar refractivity (Wildman–Crippen MR) is 79.2 cm³/mol. The maximum atomic E-state index is 6.05. The van der Waals surface area contributed by atoms with Gasteiger partial charge in [-0.25, -0.2) is 0 Å². The topological polar surface area (TPSA) is 12.0 Å². The van der Waals surface area contributed by atoms with Crippen LogP contribution in [0.25, 0.3) is 0 Å². The van der Waals surface area contributed by atoms with E-state index in [-0.39, 0.29) is 0 Å². The largest absolute Gasteiger partial charge is 0.307 e. The fraction of sp³-hybridized carbons (Fsp3) is 0.625. The number of benzene rings is 1. The van der Waals surface area contributed by atoms with Crippen LogP contribution in [0, 0.1) is 5.92 Å². The lowest BCUT2D eigenvalue weighted by molar-refractivity contribution is 0.322. The normalized spacial score (nSPS) is 20.2. The molecular formula is C16H24ClN. The molecule has 0 bridgehead atoms. The zero-order valence-corrected chi connectivity index (χ0v) is 12.4. The number of aryl methyl sites for hydroxylation is 1. The Labute approximate surface area is 116 Å². The smallest absolute Gasteiger partial charge is 0.0408 e. The minimum atomic E-state index is 0.521. The van der Waals surface area contributed by atoms with Crippen molar-refractivity contribution in [1.82, 2.24) is 5.32 Å². The minimum Gasteiger partial charge on any atom is -0.307 e. The van der Waals surface area contributed by atoms with Crippen LogP contribution in [0.4, 0.5) is 0 Å². The lowest BCUT2D eigenvalue weighted by Gasteiger charge is -2.26. The van der Waals surface area contributed by atoms with E-state index in [9.17, 15) is 0 Å². The molecule has 1 aliphatic carbocycles. The van der Waals surface area contributed by atoms with Crippen LogP contribution in [0.15, 0.2) is 18.2 Å². The lowest BCUT2D eigenvalue weighted by Crippen LogP contribution is -2.35. The number of rotatable bonds is 5. The summed E-state index contributed by atoms with van der Waals surface area (Å²) in [4.78, 5) is 0. The average molecular weight is 266 g/mol. The van der Waals surface area contributed by atoms with Crippen LogP contribution in [0.5, 0.6) is 0 Å². The molecule has 100 valence electrons. The third-order valence-corrected chi connectivity index (χ3v) is 4.64. The summed E-state index contributed by atoms with van der Waals surface area (Å²) < 4.78 is 0. The van der Waals surface area contributed by atoms with Crippen molar-refractivity contribution in [2.75, 3.05) is 0 Å². The van der Waals surface area contributed by atoms with Crippen molar-refractivity contribution in [3.63, 3.8) is 0 Å². The van der Waals surface area contributed by atoms with Gasteiger partial charge in [0.05, 0.1) is 0 Å². The Balaban J connectivity index is 2.05. The minimum absolute atomic E-state index is 0.521. The summed E-state index contributed by atoms with van der Waals surface area (Å²) in [5.74, 6) is 0.779. The molecule has 2 unspecified atom stereocenters. The zero-order chi connectivity index (χ0) is 13.1. The Hall–Kier alpha value is -0.530. The van der Waals surface area contributed by atoms with Gasteiger partial charge < -0.3 is 5.32 Å². The van der Waals surface area contributed by atoms with E-state index in [1.807, 2.05) is 6.07 Å². The first kappa shape index (κ1) is 13.9. The lowest BCUT2D eigenvalue weighted by atomic mass is 9.94. The summed E-state index contributed by atoms with van der Waals surface area (Å²) in [5, 5.41) is 4.68. The van der Waals surface area contributed by atoms with Crippen molar-refractivity contribution in [3.05, 3.63) is 34.3 Å². The Morgan fingerprint density at radius 3 is 2.72 bits per heavy atom. The molecule has 1 N–H and O–H groups in total. The first-order chi connectivity index (χ1) is 8.65. The first-order valence-electron chi connectivity index (χ1n) is 7.20.